The van der Waals surface area contributed by atoms with Gasteiger partial charge in [-0.05, 0) is 19.3 Å². The van der Waals surface area contributed by atoms with Crippen molar-refractivity contribution in [3.05, 3.63) is 12.2 Å². The van der Waals surface area contributed by atoms with Crippen molar-refractivity contribution in [2.45, 2.75) is 37.8 Å². The molecule has 0 aliphatic heterocycles. The van der Waals surface area contributed by atoms with E-state index in [0.29, 0.717) is 0 Å². The van der Waals surface area contributed by atoms with E-state index >= 15 is 0 Å². The fourth-order valence-corrected chi connectivity index (χ4v) is 1.66. The van der Waals surface area contributed by atoms with E-state index in [0.717, 1.165) is 12.8 Å². The van der Waals surface area contributed by atoms with Crippen LogP contribution in [0.4, 0.5) is 4.79 Å². The van der Waals surface area contributed by atoms with Crippen LogP contribution in [0, 0.1) is 0 Å². The lowest BCUT2D eigenvalue weighted by Gasteiger charge is -2.17. The number of urea groups is 1. The Bertz CT molecular complexity index is 359. The third-order valence-electron chi connectivity index (χ3n) is 2.63. The van der Waals surface area contributed by atoms with Crippen molar-refractivity contribution in [3.63, 3.8) is 0 Å². The minimum atomic E-state index is -1.18. The topological polar surface area (TPSA) is 122 Å². The van der Waals surface area contributed by atoms with Crippen LogP contribution in [0.2, 0.25) is 0 Å². The summed E-state index contributed by atoms with van der Waals surface area (Å²) in [5.41, 5.74) is 4.94. The molecule has 3 amide bonds. The minimum absolute atomic E-state index is 0.00980. The van der Waals surface area contributed by atoms with Gasteiger partial charge >= 0.3 is 12.0 Å². The summed E-state index contributed by atoms with van der Waals surface area (Å²) in [7, 11) is 0. The van der Waals surface area contributed by atoms with Crippen molar-refractivity contribution in [3.8, 4) is 0 Å². The Morgan fingerprint density at radius 2 is 1.94 bits per heavy atom. The van der Waals surface area contributed by atoms with Crippen LogP contribution in [-0.2, 0) is 9.59 Å². The van der Waals surface area contributed by atoms with Gasteiger partial charge in [-0.25, -0.2) is 9.59 Å². The Hall–Kier alpha value is -2.05. The normalized spacial score (nSPS) is 16.2. The van der Waals surface area contributed by atoms with Gasteiger partial charge in [0.2, 0.25) is 5.91 Å². The SMILES string of the molecule is NC(=O)CC[C@@H](NC(=O)NC1CC=CC1)C(=O)O. The highest BCUT2D eigenvalue weighted by Gasteiger charge is 2.22. The van der Waals surface area contributed by atoms with Crippen molar-refractivity contribution in [1.82, 2.24) is 10.6 Å². The van der Waals surface area contributed by atoms with Crippen LogP contribution in [0.1, 0.15) is 25.7 Å². The number of carboxylic acids is 1. The largest absolute Gasteiger partial charge is 0.480 e. The number of hydrogen-bond donors (Lipinski definition) is 4. The highest BCUT2D eigenvalue weighted by molar-refractivity contribution is 5.83. The highest BCUT2D eigenvalue weighted by Crippen LogP contribution is 2.08. The summed E-state index contributed by atoms with van der Waals surface area (Å²) in [6.45, 7) is 0. The molecular formula is C11H17N3O4. The molecule has 5 N–H and O–H groups in total. The Morgan fingerprint density at radius 1 is 1.33 bits per heavy atom. The van der Waals surface area contributed by atoms with Crippen molar-refractivity contribution >= 4 is 17.9 Å². The molecule has 0 radical (unpaired) electrons. The molecule has 100 valence electrons. The zero-order valence-corrected chi connectivity index (χ0v) is 9.89. The molecule has 18 heavy (non-hydrogen) atoms. The minimum Gasteiger partial charge on any atom is -0.480 e. The van der Waals surface area contributed by atoms with Crippen LogP contribution in [0.5, 0.6) is 0 Å². The number of primary amides is 1. The third-order valence-corrected chi connectivity index (χ3v) is 2.63. The maximum absolute atomic E-state index is 11.5. The summed E-state index contributed by atoms with van der Waals surface area (Å²) in [6, 6.07) is -1.64. The maximum Gasteiger partial charge on any atom is 0.326 e. The zero-order chi connectivity index (χ0) is 13.5. The van der Waals surface area contributed by atoms with E-state index < -0.39 is 23.9 Å². The molecule has 0 bridgehead atoms. The molecule has 7 heteroatoms. The van der Waals surface area contributed by atoms with Gasteiger partial charge in [-0.15, -0.1) is 0 Å². The van der Waals surface area contributed by atoms with Gasteiger partial charge in [-0.2, -0.15) is 0 Å². The van der Waals surface area contributed by atoms with E-state index in [9.17, 15) is 14.4 Å². The van der Waals surface area contributed by atoms with Gasteiger partial charge in [0, 0.05) is 12.5 Å². The van der Waals surface area contributed by atoms with E-state index in [1.807, 2.05) is 12.2 Å². The molecule has 0 heterocycles. The van der Waals surface area contributed by atoms with Crippen molar-refractivity contribution in [1.29, 1.82) is 0 Å². The predicted octanol–water partition coefficient (Wildman–Crippen LogP) is -0.277. The van der Waals surface area contributed by atoms with E-state index in [1.54, 1.807) is 0 Å². The number of rotatable bonds is 6. The number of carboxylic acid groups (broad SMARTS) is 1. The lowest BCUT2D eigenvalue weighted by Crippen LogP contribution is -2.48. The number of nitrogens with one attached hydrogen (secondary N) is 2. The van der Waals surface area contributed by atoms with Gasteiger partial charge < -0.3 is 21.5 Å². The first kappa shape index (κ1) is 14.0. The molecule has 0 saturated carbocycles. The smallest absolute Gasteiger partial charge is 0.326 e. The number of nitrogens with two attached hydrogens (primary N) is 1. The summed E-state index contributed by atoms with van der Waals surface area (Å²) in [5.74, 6) is -1.78. The van der Waals surface area contributed by atoms with E-state index in [4.69, 9.17) is 10.8 Å². The van der Waals surface area contributed by atoms with E-state index in [-0.39, 0.29) is 18.9 Å². The number of amides is 3. The van der Waals surface area contributed by atoms with Crippen LogP contribution in [0.15, 0.2) is 12.2 Å². The van der Waals surface area contributed by atoms with Gasteiger partial charge in [0.15, 0.2) is 0 Å². The van der Waals surface area contributed by atoms with Crippen LogP contribution in [-0.4, -0.2) is 35.1 Å². The molecule has 0 aromatic rings. The zero-order valence-electron chi connectivity index (χ0n) is 9.89. The first-order valence-corrected chi connectivity index (χ1v) is 5.72. The fraction of sp³-hybridized carbons (Fsp3) is 0.545. The standard InChI is InChI=1S/C11H17N3O4/c12-9(15)6-5-8(10(16)17)14-11(18)13-7-3-1-2-4-7/h1-2,7-8H,3-6H2,(H2,12,15)(H,16,17)(H2,13,14,18)/t8-/m1/s1. The molecule has 0 fully saturated rings. The average Bonchev–Trinajstić information content (AvgIpc) is 2.76. The molecular weight excluding hydrogens is 238 g/mol. The van der Waals surface area contributed by atoms with Crippen LogP contribution in [0.3, 0.4) is 0 Å². The Morgan fingerprint density at radius 3 is 2.44 bits per heavy atom. The molecule has 7 nitrogen and oxygen atoms in total. The molecule has 1 aliphatic rings. The van der Waals surface area contributed by atoms with Crippen LogP contribution >= 0.6 is 0 Å². The third kappa shape index (κ3) is 4.86. The number of aliphatic carboxylic acids is 1. The molecule has 0 aromatic heterocycles. The molecule has 0 spiro atoms. The second-order valence-electron chi connectivity index (χ2n) is 4.15. The highest BCUT2D eigenvalue weighted by atomic mass is 16.4. The number of carbonyl (C=O) groups is 3. The Balaban J connectivity index is 2.37. The first-order valence-electron chi connectivity index (χ1n) is 5.72. The van der Waals surface area contributed by atoms with Crippen molar-refractivity contribution < 1.29 is 19.5 Å². The lowest BCUT2D eigenvalue weighted by molar-refractivity contribution is -0.139. The molecule has 1 rings (SSSR count). The fourth-order valence-electron chi connectivity index (χ4n) is 1.66. The van der Waals surface area contributed by atoms with E-state index in [1.165, 1.54) is 0 Å². The Labute approximate surface area is 104 Å². The van der Waals surface area contributed by atoms with Crippen molar-refractivity contribution in [2.75, 3.05) is 0 Å². The number of hydrogen-bond acceptors (Lipinski definition) is 3. The van der Waals surface area contributed by atoms with Gasteiger partial charge in [0.05, 0.1) is 0 Å². The molecule has 0 aromatic carbocycles. The lowest BCUT2D eigenvalue weighted by atomic mass is 10.1. The second-order valence-corrected chi connectivity index (χ2v) is 4.15. The summed E-state index contributed by atoms with van der Waals surface area (Å²) in [5, 5.41) is 13.9. The summed E-state index contributed by atoms with van der Waals surface area (Å²) < 4.78 is 0. The van der Waals surface area contributed by atoms with Gasteiger partial charge in [0.25, 0.3) is 0 Å². The molecule has 0 saturated heterocycles. The predicted molar refractivity (Wildman–Crippen MR) is 63.7 cm³/mol. The van der Waals surface area contributed by atoms with Gasteiger partial charge in [-0.1, -0.05) is 12.2 Å². The van der Waals surface area contributed by atoms with Gasteiger partial charge in [-0.3, -0.25) is 4.79 Å². The van der Waals surface area contributed by atoms with Crippen molar-refractivity contribution in [2.24, 2.45) is 5.73 Å². The molecule has 1 aliphatic carbocycles. The first-order chi connectivity index (χ1) is 8.49. The average molecular weight is 255 g/mol. The summed E-state index contributed by atoms with van der Waals surface area (Å²) >= 11 is 0. The number of carbonyl (C=O) groups excluding carboxylic acids is 2. The van der Waals surface area contributed by atoms with Gasteiger partial charge in [0.1, 0.15) is 6.04 Å². The summed E-state index contributed by atoms with van der Waals surface area (Å²) in [6.07, 6.45) is 5.29. The molecule has 0 unspecified atom stereocenters. The quantitative estimate of drug-likeness (QED) is 0.488. The molecule has 1 atom stereocenters. The van der Waals surface area contributed by atoms with Crippen LogP contribution in [0.25, 0.3) is 0 Å². The summed E-state index contributed by atoms with van der Waals surface area (Å²) in [4.78, 5) is 33.0. The maximum atomic E-state index is 11.5. The van der Waals surface area contributed by atoms with E-state index in [2.05, 4.69) is 10.6 Å². The second kappa shape index (κ2) is 6.63. The van der Waals surface area contributed by atoms with Crippen LogP contribution < -0.4 is 16.4 Å². The Kier molecular flexibility index (Phi) is 5.16. The monoisotopic (exact) mass is 255 g/mol.